The van der Waals surface area contributed by atoms with Gasteiger partial charge in [-0.25, -0.2) is 4.79 Å². The molecule has 0 saturated carbocycles. The Kier molecular flexibility index (Phi) is 5.04. The maximum Gasteiger partial charge on any atom is 0.315 e. The summed E-state index contributed by atoms with van der Waals surface area (Å²) in [5, 5.41) is 0.684. The molecule has 0 aliphatic rings. The van der Waals surface area contributed by atoms with Crippen LogP contribution in [0.1, 0.15) is 19.4 Å². The van der Waals surface area contributed by atoms with Gasteiger partial charge in [-0.15, -0.1) is 0 Å². The van der Waals surface area contributed by atoms with E-state index >= 15 is 0 Å². The highest BCUT2D eigenvalue weighted by Gasteiger charge is 2.08. The maximum absolute atomic E-state index is 11.3. The first kappa shape index (κ1) is 13.6. The molecule has 0 aromatic heterocycles. The van der Waals surface area contributed by atoms with Crippen molar-refractivity contribution in [1.29, 1.82) is 0 Å². The molecular weight excluding hydrogens is 236 g/mol. The standard InChI is InChI=1S/C13H17ClN2O/c1-10(2)7-8-16(13(15)17)9-11-3-5-12(14)6-4-11/h3-7H,8-9H2,1-2H3,(H2,15,17). The van der Waals surface area contributed by atoms with Gasteiger partial charge in [-0.05, 0) is 31.5 Å². The summed E-state index contributed by atoms with van der Waals surface area (Å²) >= 11 is 5.80. The molecule has 0 aliphatic heterocycles. The quantitative estimate of drug-likeness (QED) is 0.822. The van der Waals surface area contributed by atoms with Crippen LogP contribution in [0, 0.1) is 0 Å². The number of benzene rings is 1. The summed E-state index contributed by atoms with van der Waals surface area (Å²) in [5.41, 5.74) is 7.50. The summed E-state index contributed by atoms with van der Waals surface area (Å²) in [7, 11) is 0. The average Bonchev–Trinajstić information content (AvgIpc) is 2.26. The van der Waals surface area contributed by atoms with E-state index in [0.717, 1.165) is 11.1 Å². The van der Waals surface area contributed by atoms with Crippen molar-refractivity contribution >= 4 is 17.6 Å². The van der Waals surface area contributed by atoms with Crippen LogP contribution in [0.4, 0.5) is 4.79 Å². The molecule has 0 spiro atoms. The molecular formula is C13H17ClN2O. The van der Waals surface area contributed by atoms with Crippen LogP contribution in [0.15, 0.2) is 35.9 Å². The van der Waals surface area contributed by atoms with Gasteiger partial charge in [0.2, 0.25) is 0 Å². The summed E-state index contributed by atoms with van der Waals surface area (Å²) in [4.78, 5) is 12.9. The van der Waals surface area contributed by atoms with Gasteiger partial charge in [0.05, 0.1) is 0 Å². The van der Waals surface area contributed by atoms with Crippen LogP contribution in [-0.2, 0) is 6.54 Å². The SMILES string of the molecule is CC(C)=CCN(Cc1ccc(Cl)cc1)C(N)=O. The number of hydrogen-bond donors (Lipinski definition) is 1. The zero-order valence-electron chi connectivity index (χ0n) is 10.1. The van der Waals surface area contributed by atoms with E-state index in [1.807, 2.05) is 32.1 Å². The highest BCUT2D eigenvalue weighted by molar-refractivity contribution is 6.30. The fourth-order valence-electron chi connectivity index (χ4n) is 1.34. The minimum Gasteiger partial charge on any atom is -0.351 e. The Bertz CT molecular complexity index is 408. The average molecular weight is 253 g/mol. The second kappa shape index (κ2) is 6.30. The van der Waals surface area contributed by atoms with Crippen molar-refractivity contribution in [3.05, 3.63) is 46.5 Å². The summed E-state index contributed by atoms with van der Waals surface area (Å²) in [6.45, 7) is 5.00. The Morgan fingerprint density at radius 2 is 1.94 bits per heavy atom. The number of allylic oxidation sites excluding steroid dienone is 1. The lowest BCUT2D eigenvalue weighted by molar-refractivity contribution is 0.211. The molecule has 0 saturated heterocycles. The third kappa shape index (κ3) is 4.91. The lowest BCUT2D eigenvalue weighted by atomic mass is 10.2. The van der Waals surface area contributed by atoms with Gasteiger partial charge >= 0.3 is 6.03 Å². The minimum atomic E-state index is -0.419. The predicted molar refractivity (Wildman–Crippen MR) is 70.9 cm³/mol. The van der Waals surface area contributed by atoms with E-state index in [1.54, 1.807) is 17.0 Å². The van der Waals surface area contributed by atoms with Gasteiger partial charge in [0.1, 0.15) is 0 Å². The largest absolute Gasteiger partial charge is 0.351 e. The van der Waals surface area contributed by atoms with Crippen molar-refractivity contribution in [2.75, 3.05) is 6.54 Å². The first-order chi connectivity index (χ1) is 7.99. The Morgan fingerprint density at radius 3 is 2.41 bits per heavy atom. The molecule has 0 atom stereocenters. The lowest BCUT2D eigenvalue weighted by Crippen LogP contribution is -2.35. The highest BCUT2D eigenvalue weighted by Crippen LogP contribution is 2.11. The van der Waals surface area contributed by atoms with E-state index in [-0.39, 0.29) is 0 Å². The van der Waals surface area contributed by atoms with Crippen molar-refractivity contribution in [2.45, 2.75) is 20.4 Å². The number of carbonyl (C=O) groups excluding carboxylic acids is 1. The first-order valence-corrected chi connectivity index (χ1v) is 5.79. The van der Waals surface area contributed by atoms with Gasteiger partial charge in [0.25, 0.3) is 0 Å². The molecule has 17 heavy (non-hydrogen) atoms. The van der Waals surface area contributed by atoms with Crippen LogP contribution in [0.2, 0.25) is 5.02 Å². The third-order valence-electron chi connectivity index (χ3n) is 2.32. The molecule has 92 valence electrons. The summed E-state index contributed by atoms with van der Waals surface area (Å²) < 4.78 is 0. The number of primary amides is 1. The van der Waals surface area contributed by atoms with Gasteiger partial charge in [-0.1, -0.05) is 35.4 Å². The molecule has 0 radical (unpaired) electrons. The lowest BCUT2D eigenvalue weighted by Gasteiger charge is -2.19. The Hall–Kier alpha value is -1.48. The fraction of sp³-hybridized carbons (Fsp3) is 0.308. The fourth-order valence-corrected chi connectivity index (χ4v) is 1.46. The summed E-state index contributed by atoms with van der Waals surface area (Å²) in [6, 6.07) is 6.97. The Balaban J connectivity index is 2.70. The second-order valence-electron chi connectivity index (χ2n) is 4.13. The molecule has 4 heteroatoms. The Morgan fingerprint density at radius 1 is 1.35 bits per heavy atom. The van der Waals surface area contributed by atoms with E-state index in [0.29, 0.717) is 18.1 Å². The van der Waals surface area contributed by atoms with E-state index in [9.17, 15) is 4.79 Å². The third-order valence-corrected chi connectivity index (χ3v) is 2.57. The number of urea groups is 1. The van der Waals surface area contributed by atoms with Crippen LogP contribution in [0.3, 0.4) is 0 Å². The van der Waals surface area contributed by atoms with Crippen molar-refractivity contribution in [3.63, 3.8) is 0 Å². The molecule has 0 heterocycles. The molecule has 1 rings (SSSR count). The monoisotopic (exact) mass is 252 g/mol. The van der Waals surface area contributed by atoms with Crippen molar-refractivity contribution in [3.8, 4) is 0 Å². The zero-order chi connectivity index (χ0) is 12.8. The summed E-state index contributed by atoms with van der Waals surface area (Å²) in [6.07, 6.45) is 1.97. The first-order valence-electron chi connectivity index (χ1n) is 5.41. The topological polar surface area (TPSA) is 46.3 Å². The molecule has 0 fully saturated rings. The van der Waals surface area contributed by atoms with Crippen molar-refractivity contribution in [2.24, 2.45) is 5.73 Å². The second-order valence-corrected chi connectivity index (χ2v) is 4.56. The van der Waals surface area contributed by atoms with Gasteiger partial charge in [0.15, 0.2) is 0 Å². The zero-order valence-corrected chi connectivity index (χ0v) is 10.9. The number of amides is 2. The van der Waals surface area contributed by atoms with Gasteiger partial charge in [-0.3, -0.25) is 0 Å². The minimum absolute atomic E-state index is 0.419. The number of nitrogens with two attached hydrogens (primary N) is 1. The normalized spacial score (nSPS) is 9.82. The molecule has 0 unspecified atom stereocenters. The van der Waals surface area contributed by atoms with Gasteiger partial charge in [0, 0.05) is 18.1 Å². The molecule has 1 aromatic carbocycles. The van der Waals surface area contributed by atoms with Crippen LogP contribution < -0.4 is 5.73 Å². The predicted octanol–water partition coefficient (Wildman–Crippen LogP) is 3.19. The van der Waals surface area contributed by atoms with E-state index in [2.05, 4.69) is 0 Å². The number of carbonyl (C=O) groups is 1. The molecule has 3 nitrogen and oxygen atoms in total. The number of halogens is 1. The molecule has 2 N–H and O–H groups in total. The number of rotatable bonds is 4. The van der Waals surface area contributed by atoms with Crippen LogP contribution in [0.5, 0.6) is 0 Å². The Labute approximate surface area is 107 Å². The van der Waals surface area contributed by atoms with Crippen LogP contribution in [0.25, 0.3) is 0 Å². The van der Waals surface area contributed by atoms with E-state index in [4.69, 9.17) is 17.3 Å². The van der Waals surface area contributed by atoms with Crippen molar-refractivity contribution in [1.82, 2.24) is 4.90 Å². The number of nitrogens with zero attached hydrogens (tertiary/aromatic N) is 1. The smallest absolute Gasteiger partial charge is 0.315 e. The van der Waals surface area contributed by atoms with Gasteiger partial charge < -0.3 is 10.6 Å². The van der Waals surface area contributed by atoms with Gasteiger partial charge in [-0.2, -0.15) is 0 Å². The van der Waals surface area contributed by atoms with Crippen LogP contribution >= 0.6 is 11.6 Å². The highest BCUT2D eigenvalue weighted by atomic mass is 35.5. The summed E-state index contributed by atoms with van der Waals surface area (Å²) in [5.74, 6) is 0. The maximum atomic E-state index is 11.3. The van der Waals surface area contributed by atoms with Crippen LogP contribution in [-0.4, -0.2) is 17.5 Å². The van der Waals surface area contributed by atoms with E-state index in [1.165, 1.54) is 0 Å². The molecule has 0 bridgehead atoms. The van der Waals surface area contributed by atoms with Crippen molar-refractivity contribution < 1.29 is 4.79 Å². The molecule has 2 amide bonds. The molecule has 0 aliphatic carbocycles. The number of hydrogen-bond acceptors (Lipinski definition) is 1. The molecule has 1 aromatic rings. The van der Waals surface area contributed by atoms with E-state index < -0.39 is 6.03 Å².